The highest BCUT2D eigenvalue weighted by Gasteiger charge is 2.14. The van der Waals surface area contributed by atoms with Crippen molar-refractivity contribution in [2.75, 3.05) is 5.73 Å². The number of benzene rings is 1. The summed E-state index contributed by atoms with van der Waals surface area (Å²) in [5.41, 5.74) is 7.95. The molecular weight excluding hydrogens is 224 g/mol. The standard InChI is InChI=1S/C15H20N2O/c1-2-3-4-8-11-13-14(15(16)17-18-13)12-9-6-5-7-10-12/h5-7,9-10H,2-4,8,11H2,1H3,(H2,16,17). The van der Waals surface area contributed by atoms with E-state index in [0.717, 1.165) is 29.7 Å². The van der Waals surface area contributed by atoms with Gasteiger partial charge in [-0.1, -0.05) is 61.7 Å². The van der Waals surface area contributed by atoms with Gasteiger partial charge in [0.15, 0.2) is 5.82 Å². The molecule has 3 nitrogen and oxygen atoms in total. The molecule has 2 N–H and O–H groups in total. The van der Waals surface area contributed by atoms with Crippen molar-refractivity contribution < 1.29 is 4.52 Å². The lowest BCUT2D eigenvalue weighted by atomic mass is 10.0. The van der Waals surface area contributed by atoms with Crippen molar-refractivity contribution in [1.82, 2.24) is 5.16 Å². The van der Waals surface area contributed by atoms with Crippen LogP contribution in [0.15, 0.2) is 34.9 Å². The SMILES string of the molecule is CCCCCCc1onc(N)c1-c1ccccc1. The first-order valence-corrected chi connectivity index (χ1v) is 6.62. The van der Waals surface area contributed by atoms with Gasteiger partial charge < -0.3 is 10.3 Å². The molecule has 0 radical (unpaired) electrons. The van der Waals surface area contributed by atoms with E-state index in [2.05, 4.69) is 12.1 Å². The second kappa shape index (κ2) is 6.24. The van der Waals surface area contributed by atoms with Crippen LogP contribution in [-0.2, 0) is 6.42 Å². The Morgan fingerprint density at radius 3 is 2.61 bits per heavy atom. The third-order valence-corrected chi connectivity index (χ3v) is 3.11. The van der Waals surface area contributed by atoms with Crippen LogP contribution in [0.1, 0.15) is 38.4 Å². The minimum atomic E-state index is 0.492. The molecule has 0 spiro atoms. The molecule has 0 aliphatic rings. The topological polar surface area (TPSA) is 52.0 Å². The van der Waals surface area contributed by atoms with Crippen LogP contribution >= 0.6 is 0 Å². The Balaban J connectivity index is 2.12. The number of hydrogen-bond acceptors (Lipinski definition) is 3. The maximum atomic E-state index is 5.90. The Bertz CT molecular complexity index is 476. The highest BCUT2D eigenvalue weighted by atomic mass is 16.5. The third-order valence-electron chi connectivity index (χ3n) is 3.11. The van der Waals surface area contributed by atoms with E-state index >= 15 is 0 Å². The van der Waals surface area contributed by atoms with Crippen LogP contribution in [0.4, 0.5) is 5.82 Å². The fourth-order valence-corrected chi connectivity index (χ4v) is 2.14. The largest absolute Gasteiger partial charge is 0.380 e. The van der Waals surface area contributed by atoms with Gasteiger partial charge in [0.05, 0.1) is 5.56 Å². The Hall–Kier alpha value is -1.77. The number of nitrogens with zero attached hydrogens (tertiary/aromatic N) is 1. The fraction of sp³-hybridized carbons (Fsp3) is 0.400. The minimum Gasteiger partial charge on any atom is -0.380 e. The van der Waals surface area contributed by atoms with E-state index in [1.807, 2.05) is 30.3 Å². The number of nitrogens with two attached hydrogens (primary N) is 1. The van der Waals surface area contributed by atoms with Gasteiger partial charge in [0.2, 0.25) is 0 Å². The van der Waals surface area contributed by atoms with E-state index in [0.29, 0.717) is 5.82 Å². The zero-order chi connectivity index (χ0) is 12.8. The van der Waals surface area contributed by atoms with E-state index < -0.39 is 0 Å². The van der Waals surface area contributed by atoms with Gasteiger partial charge in [-0.25, -0.2) is 0 Å². The lowest BCUT2D eigenvalue weighted by Gasteiger charge is -2.02. The maximum absolute atomic E-state index is 5.90. The molecule has 1 heterocycles. The quantitative estimate of drug-likeness (QED) is 0.780. The summed E-state index contributed by atoms with van der Waals surface area (Å²) in [5.74, 6) is 1.40. The van der Waals surface area contributed by atoms with Crippen molar-refractivity contribution in [3.8, 4) is 11.1 Å². The van der Waals surface area contributed by atoms with Gasteiger partial charge in [-0.05, 0) is 12.0 Å². The number of anilines is 1. The summed E-state index contributed by atoms with van der Waals surface area (Å²) in [6, 6.07) is 10.1. The van der Waals surface area contributed by atoms with Gasteiger partial charge in [-0.15, -0.1) is 0 Å². The van der Waals surface area contributed by atoms with E-state index in [1.54, 1.807) is 0 Å². The van der Waals surface area contributed by atoms with Crippen LogP contribution < -0.4 is 5.73 Å². The molecule has 96 valence electrons. The molecule has 0 aliphatic heterocycles. The molecule has 0 saturated heterocycles. The van der Waals surface area contributed by atoms with Crippen molar-refractivity contribution in [3.63, 3.8) is 0 Å². The zero-order valence-corrected chi connectivity index (χ0v) is 10.9. The lowest BCUT2D eigenvalue weighted by Crippen LogP contribution is -1.91. The molecule has 0 saturated carbocycles. The zero-order valence-electron chi connectivity index (χ0n) is 10.9. The summed E-state index contributed by atoms with van der Waals surface area (Å²) < 4.78 is 5.36. The minimum absolute atomic E-state index is 0.492. The second-order valence-corrected chi connectivity index (χ2v) is 4.54. The molecule has 18 heavy (non-hydrogen) atoms. The van der Waals surface area contributed by atoms with Crippen LogP contribution in [-0.4, -0.2) is 5.16 Å². The van der Waals surface area contributed by atoms with Crippen molar-refractivity contribution in [3.05, 3.63) is 36.1 Å². The smallest absolute Gasteiger partial charge is 0.175 e. The van der Waals surface area contributed by atoms with E-state index in [9.17, 15) is 0 Å². The molecule has 0 bridgehead atoms. The summed E-state index contributed by atoms with van der Waals surface area (Å²) in [6.45, 7) is 2.21. The second-order valence-electron chi connectivity index (χ2n) is 4.54. The number of nitrogen functional groups attached to an aromatic ring is 1. The predicted molar refractivity (Wildman–Crippen MR) is 74.2 cm³/mol. The molecule has 2 rings (SSSR count). The first-order valence-electron chi connectivity index (χ1n) is 6.62. The van der Waals surface area contributed by atoms with Gasteiger partial charge in [0, 0.05) is 6.42 Å². The van der Waals surface area contributed by atoms with Gasteiger partial charge in [0.25, 0.3) is 0 Å². The molecule has 1 aromatic heterocycles. The van der Waals surface area contributed by atoms with Crippen molar-refractivity contribution >= 4 is 5.82 Å². The monoisotopic (exact) mass is 244 g/mol. The normalized spacial score (nSPS) is 10.7. The summed E-state index contributed by atoms with van der Waals surface area (Å²) in [7, 11) is 0. The molecule has 2 aromatic rings. The van der Waals surface area contributed by atoms with E-state index in [1.165, 1.54) is 19.3 Å². The Labute approximate surface area is 108 Å². The summed E-state index contributed by atoms with van der Waals surface area (Å²) in [5, 5.41) is 3.89. The van der Waals surface area contributed by atoms with Gasteiger partial charge in [0.1, 0.15) is 5.76 Å². The average Bonchev–Trinajstić information content (AvgIpc) is 2.77. The molecule has 0 aliphatic carbocycles. The first-order chi connectivity index (χ1) is 8.83. The Morgan fingerprint density at radius 1 is 1.11 bits per heavy atom. The number of hydrogen-bond donors (Lipinski definition) is 1. The average molecular weight is 244 g/mol. The van der Waals surface area contributed by atoms with Crippen LogP contribution in [0.5, 0.6) is 0 Å². The summed E-state index contributed by atoms with van der Waals surface area (Å²) >= 11 is 0. The molecule has 0 unspecified atom stereocenters. The third kappa shape index (κ3) is 2.92. The Morgan fingerprint density at radius 2 is 1.89 bits per heavy atom. The number of aryl methyl sites for hydroxylation is 1. The van der Waals surface area contributed by atoms with Crippen LogP contribution in [0.3, 0.4) is 0 Å². The Kier molecular flexibility index (Phi) is 4.40. The maximum Gasteiger partial charge on any atom is 0.175 e. The predicted octanol–water partition coefficient (Wildman–Crippen LogP) is 4.05. The highest BCUT2D eigenvalue weighted by Crippen LogP contribution is 2.30. The van der Waals surface area contributed by atoms with Crippen molar-refractivity contribution in [2.45, 2.75) is 39.0 Å². The van der Waals surface area contributed by atoms with Gasteiger partial charge in [-0.3, -0.25) is 0 Å². The summed E-state index contributed by atoms with van der Waals surface area (Å²) in [4.78, 5) is 0. The van der Waals surface area contributed by atoms with Crippen molar-refractivity contribution in [1.29, 1.82) is 0 Å². The summed E-state index contributed by atoms with van der Waals surface area (Å²) in [6.07, 6.45) is 5.77. The van der Waals surface area contributed by atoms with Gasteiger partial charge in [-0.2, -0.15) is 0 Å². The molecule has 0 amide bonds. The molecule has 0 fully saturated rings. The molecular formula is C15H20N2O. The molecule has 3 heteroatoms. The van der Waals surface area contributed by atoms with E-state index in [4.69, 9.17) is 10.3 Å². The highest BCUT2D eigenvalue weighted by molar-refractivity contribution is 5.75. The first kappa shape index (κ1) is 12.7. The number of unbranched alkanes of at least 4 members (excludes halogenated alkanes) is 3. The number of rotatable bonds is 6. The lowest BCUT2D eigenvalue weighted by molar-refractivity contribution is 0.382. The fourth-order valence-electron chi connectivity index (χ4n) is 2.14. The van der Waals surface area contributed by atoms with Crippen LogP contribution in [0.2, 0.25) is 0 Å². The molecule has 0 atom stereocenters. The van der Waals surface area contributed by atoms with Crippen LogP contribution in [0.25, 0.3) is 11.1 Å². The van der Waals surface area contributed by atoms with E-state index in [-0.39, 0.29) is 0 Å². The van der Waals surface area contributed by atoms with Crippen molar-refractivity contribution in [2.24, 2.45) is 0 Å². The van der Waals surface area contributed by atoms with Gasteiger partial charge >= 0.3 is 0 Å². The number of aromatic nitrogens is 1. The molecule has 1 aromatic carbocycles. The van der Waals surface area contributed by atoms with Crippen LogP contribution in [0, 0.1) is 0 Å².